The van der Waals surface area contributed by atoms with Gasteiger partial charge in [-0.1, -0.05) is 5.11 Å². The highest BCUT2D eigenvalue weighted by Crippen LogP contribution is 2.02. The summed E-state index contributed by atoms with van der Waals surface area (Å²) in [6.07, 6.45) is 2.32. The van der Waals surface area contributed by atoms with Crippen molar-refractivity contribution < 1.29 is 9.31 Å². The van der Waals surface area contributed by atoms with E-state index in [1.807, 2.05) is 0 Å². The summed E-state index contributed by atoms with van der Waals surface area (Å²) in [5.74, 6) is 0. The van der Waals surface area contributed by atoms with Crippen LogP contribution in [0.1, 0.15) is 12.8 Å². The van der Waals surface area contributed by atoms with Crippen LogP contribution in [0, 0.1) is 0 Å². The molecule has 0 unspecified atom stereocenters. The molecule has 0 aromatic carbocycles. The van der Waals surface area contributed by atoms with Gasteiger partial charge in [0.05, 0.1) is 6.44 Å². The van der Waals surface area contributed by atoms with Gasteiger partial charge in [-0.3, -0.25) is 0 Å². The van der Waals surface area contributed by atoms with Crippen LogP contribution in [0.3, 0.4) is 0 Å². The van der Waals surface area contributed by atoms with Crippen molar-refractivity contribution in [1.82, 2.24) is 0 Å². The van der Waals surface area contributed by atoms with Crippen molar-refractivity contribution >= 4 is 7.12 Å². The van der Waals surface area contributed by atoms with Crippen LogP contribution in [0.15, 0.2) is 5.11 Å². The molecule has 1 aliphatic rings. The largest absolute Gasteiger partial charge is 0.462 e. The smallest absolute Gasteiger partial charge is 0.411 e. The van der Waals surface area contributed by atoms with Crippen LogP contribution >= 0.6 is 0 Å². The lowest BCUT2D eigenvalue weighted by molar-refractivity contribution is 0.236. The monoisotopic (exact) mass is 155 g/mol. The Hall–Kier alpha value is -0.705. The minimum Gasteiger partial charge on any atom is -0.411 e. The Kier molecular flexibility index (Phi) is 3.82. The summed E-state index contributed by atoms with van der Waals surface area (Å²) in [6.45, 7) is 1.40. The second-order valence-corrected chi connectivity index (χ2v) is 2.29. The molecule has 0 aromatic heterocycles. The molecule has 0 saturated carbocycles. The second-order valence-electron chi connectivity index (χ2n) is 2.29. The Labute approximate surface area is 65.4 Å². The maximum Gasteiger partial charge on any atom is 0.462 e. The Morgan fingerprint density at radius 1 is 1.36 bits per heavy atom. The van der Waals surface area contributed by atoms with Crippen LogP contribution in [0.2, 0.25) is 0 Å². The predicted molar refractivity (Wildman–Crippen MR) is 40.9 cm³/mol. The molecule has 0 atom stereocenters. The molecule has 0 radical (unpaired) electrons. The van der Waals surface area contributed by atoms with Crippen molar-refractivity contribution in [2.45, 2.75) is 12.8 Å². The fourth-order valence-corrected chi connectivity index (χ4v) is 0.890. The third-order valence-corrected chi connectivity index (χ3v) is 1.44. The van der Waals surface area contributed by atoms with Crippen LogP contribution in [0.5, 0.6) is 0 Å². The summed E-state index contributed by atoms with van der Waals surface area (Å²) in [6, 6.07) is 0. The summed E-state index contributed by atoms with van der Waals surface area (Å²) < 4.78 is 10.4. The van der Waals surface area contributed by atoms with Crippen LogP contribution in [-0.2, 0) is 9.31 Å². The van der Waals surface area contributed by atoms with Crippen LogP contribution in [0.4, 0.5) is 0 Å². The molecule has 1 rings (SSSR count). The van der Waals surface area contributed by atoms with Gasteiger partial charge < -0.3 is 9.31 Å². The molecule has 0 spiro atoms. The molecular weight excluding hydrogens is 145 g/mol. The van der Waals surface area contributed by atoms with Gasteiger partial charge in [0.15, 0.2) is 0 Å². The van der Waals surface area contributed by atoms with Gasteiger partial charge in [0.25, 0.3) is 0 Å². The van der Waals surface area contributed by atoms with Gasteiger partial charge in [-0.05, 0) is 18.4 Å². The third kappa shape index (κ3) is 3.27. The van der Waals surface area contributed by atoms with E-state index in [2.05, 4.69) is 10.0 Å². The average molecular weight is 155 g/mol. The first kappa shape index (κ1) is 8.39. The van der Waals surface area contributed by atoms with E-state index >= 15 is 0 Å². The molecule has 0 aliphatic carbocycles. The van der Waals surface area contributed by atoms with E-state index < -0.39 is 0 Å². The first-order valence-corrected chi connectivity index (χ1v) is 3.67. The normalized spacial score (nSPS) is 18.7. The lowest BCUT2D eigenvalue weighted by atomic mass is 9.91. The maximum absolute atomic E-state index is 8.01. The van der Waals surface area contributed by atoms with Gasteiger partial charge in [-0.25, -0.2) is 0 Å². The SMILES string of the molecule is [N-]=[N+]=NCB1OCCCCO1. The standard InChI is InChI=1S/C5H10BN3O2/c7-9-8-5-6-10-3-1-2-4-11-6/h1-5H2. The summed E-state index contributed by atoms with van der Waals surface area (Å²) in [5.41, 5.74) is 8.01. The van der Waals surface area contributed by atoms with Gasteiger partial charge in [0.2, 0.25) is 0 Å². The molecule has 6 heteroatoms. The quantitative estimate of drug-likeness (QED) is 0.259. The molecule has 0 bridgehead atoms. The van der Waals surface area contributed by atoms with Gasteiger partial charge >= 0.3 is 7.12 Å². The Bertz CT molecular complexity index is 152. The Morgan fingerprint density at radius 3 is 2.55 bits per heavy atom. The van der Waals surface area contributed by atoms with Crippen molar-refractivity contribution in [3.05, 3.63) is 10.4 Å². The van der Waals surface area contributed by atoms with Gasteiger partial charge in [0, 0.05) is 18.1 Å². The van der Waals surface area contributed by atoms with Crippen LogP contribution in [-0.4, -0.2) is 26.8 Å². The minimum absolute atomic E-state index is 0.274. The van der Waals surface area contributed by atoms with Crippen molar-refractivity contribution in [3.63, 3.8) is 0 Å². The Balaban J connectivity index is 2.24. The van der Waals surface area contributed by atoms with Crippen molar-refractivity contribution in [1.29, 1.82) is 0 Å². The summed E-state index contributed by atoms with van der Waals surface area (Å²) in [4.78, 5) is 2.63. The maximum atomic E-state index is 8.01. The molecule has 0 N–H and O–H groups in total. The zero-order valence-electron chi connectivity index (χ0n) is 6.27. The molecule has 1 aliphatic heterocycles. The molecule has 60 valence electrons. The molecule has 0 amide bonds. The summed E-state index contributed by atoms with van der Waals surface area (Å²) in [5, 5.41) is 3.37. The first-order valence-electron chi connectivity index (χ1n) is 3.67. The molecule has 1 saturated heterocycles. The van der Waals surface area contributed by atoms with Gasteiger partial charge in [-0.2, -0.15) is 0 Å². The molecule has 5 nitrogen and oxygen atoms in total. The molecule has 0 aromatic rings. The van der Waals surface area contributed by atoms with E-state index in [0.29, 0.717) is 13.2 Å². The van der Waals surface area contributed by atoms with E-state index in [4.69, 9.17) is 14.8 Å². The molecule has 1 heterocycles. The van der Waals surface area contributed by atoms with E-state index in [1.165, 1.54) is 0 Å². The lowest BCUT2D eigenvalue weighted by Crippen LogP contribution is -2.25. The highest BCUT2D eigenvalue weighted by Gasteiger charge is 2.18. The summed E-state index contributed by atoms with van der Waals surface area (Å²) in [7, 11) is -0.326. The van der Waals surface area contributed by atoms with Crippen molar-refractivity contribution in [3.8, 4) is 0 Å². The molecular formula is C5H10BN3O2. The fourth-order valence-electron chi connectivity index (χ4n) is 0.890. The lowest BCUT2D eigenvalue weighted by Gasteiger charge is -2.05. The van der Waals surface area contributed by atoms with Gasteiger partial charge in [0.1, 0.15) is 0 Å². The van der Waals surface area contributed by atoms with E-state index in [-0.39, 0.29) is 13.6 Å². The van der Waals surface area contributed by atoms with Crippen molar-refractivity contribution in [2.75, 3.05) is 19.7 Å². The highest BCUT2D eigenvalue weighted by atomic mass is 16.6. The molecule has 1 fully saturated rings. The summed E-state index contributed by atoms with van der Waals surface area (Å²) >= 11 is 0. The number of azide groups is 1. The fraction of sp³-hybridized carbons (Fsp3) is 1.00. The zero-order chi connectivity index (χ0) is 7.94. The zero-order valence-corrected chi connectivity index (χ0v) is 6.27. The topological polar surface area (TPSA) is 67.2 Å². The highest BCUT2D eigenvalue weighted by molar-refractivity contribution is 6.44. The van der Waals surface area contributed by atoms with Crippen LogP contribution < -0.4 is 0 Å². The van der Waals surface area contributed by atoms with E-state index in [0.717, 1.165) is 12.8 Å². The average Bonchev–Trinajstić information content (AvgIpc) is 2.28. The number of hydrogen-bond donors (Lipinski definition) is 0. The van der Waals surface area contributed by atoms with Crippen LogP contribution in [0.25, 0.3) is 10.4 Å². The predicted octanol–water partition coefficient (Wildman–Crippen LogP) is 1.15. The molecule has 11 heavy (non-hydrogen) atoms. The third-order valence-electron chi connectivity index (χ3n) is 1.44. The number of hydrogen-bond acceptors (Lipinski definition) is 3. The second kappa shape index (κ2) is 5.01. The number of nitrogens with zero attached hydrogens (tertiary/aromatic N) is 3. The minimum atomic E-state index is -0.326. The first-order chi connectivity index (χ1) is 5.43. The Morgan fingerprint density at radius 2 is 2.00 bits per heavy atom. The van der Waals surface area contributed by atoms with E-state index in [1.54, 1.807) is 0 Å². The van der Waals surface area contributed by atoms with E-state index in [9.17, 15) is 0 Å². The van der Waals surface area contributed by atoms with Gasteiger partial charge in [-0.15, -0.1) is 0 Å². The van der Waals surface area contributed by atoms with Crippen molar-refractivity contribution in [2.24, 2.45) is 5.11 Å². The number of rotatable bonds is 2.